The molecule has 0 aromatic rings. The molecule has 2 aliphatic heterocycles. The Labute approximate surface area is 147 Å². The van der Waals surface area contributed by atoms with Gasteiger partial charge in [0, 0.05) is 38.9 Å². The highest BCUT2D eigenvalue weighted by atomic mass is 16.5. The first-order chi connectivity index (χ1) is 12.0. The third kappa shape index (κ3) is 3.68. The number of rotatable bonds is 5. The van der Waals surface area contributed by atoms with E-state index in [1.807, 2.05) is 0 Å². The van der Waals surface area contributed by atoms with Crippen LogP contribution in [0.4, 0.5) is 4.79 Å². The SMILES string of the molecule is CN1CC(=O)N(CCCC(=O)N2CCOCC2C2CCCC2=O)C1=O. The Hall–Kier alpha value is -1.96. The van der Waals surface area contributed by atoms with Crippen molar-refractivity contribution in [3.05, 3.63) is 0 Å². The van der Waals surface area contributed by atoms with E-state index in [2.05, 4.69) is 0 Å². The van der Waals surface area contributed by atoms with Crippen LogP contribution < -0.4 is 0 Å². The van der Waals surface area contributed by atoms with Crippen LogP contribution >= 0.6 is 0 Å². The van der Waals surface area contributed by atoms with Gasteiger partial charge in [0.05, 0.1) is 19.3 Å². The van der Waals surface area contributed by atoms with E-state index in [-0.39, 0.29) is 55.1 Å². The Balaban J connectivity index is 1.53. The number of hydrogen-bond acceptors (Lipinski definition) is 5. The largest absolute Gasteiger partial charge is 0.377 e. The molecule has 8 nitrogen and oxygen atoms in total. The van der Waals surface area contributed by atoms with Gasteiger partial charge >= 0.3 is 6.03 Å². The Morgan fingerprint density at radius 3 is 2.72 bits per heavy atom. The molecule has 0 N–H and O–H groups in total. The summed E-state index contributed by atoms with van der Waals surface area (Å²) in [6.45, 7) is 1.75. The Morgan fingerprint density at radius 1 is 1.28 bits per heavy atom. The van der Waals surface area contributed by atoms with Gasteiger partial charge in [0.2, 0.25) is 11.8 Å². The molecule has 8 heteroatoms. The molecule has 0 bridgehead atoms. The fraction of sp³-hybridized carbons (Fsp3) is 0.765. The second kappa shape index (κ2) is 7.51. The molecule has 4 amide bonds. The molecular formula is C17H25N3O5. The van der Waals surface area contributed by atoms with Crippen LogP contribution in [0.15, 0.2) is 0 Å². The lowest BCUT2D eigenvalue weighted by atomic mass is 9.95. The predicted octanol–water partition coefficient (Wildman–Crippen LogP) is 0.257. The van der Waals surface area contributed by atoms with Crippen molar-refractivity contribution < 1.29 is 23.9 Å². The summed E-state index contributed by atoms with van der Waals surface area (Å²) in [6, 6.07) is -0.476. The van der Waals surface area contributed by atoms with Crippen LogP contribution in [0.25, 0.3) is 0 Å². The molecule has 2 atom stereocenters. The molecule has 3 rings (SSSR count). The van der Waals surface area contributed by atoms with Gasteiger partial charge < -0.3 is 14.5 Å². The van der Waals surface area contributed by atoms with Crippen molar-refractivity contribution in [2.45, 2.75) is 38.1 Å². The number of carbonyl (C=O) groups is 4. The lowest BCUT2D eigenvalue weighted by Crippen LogP contribution is -2.53. The van der Waals surface area contributed by atoms with Crippen molar-refractivity contribution in [1.29, 1.82) is 0 Å². The van der Waals surface area contributed by atoms with Gasteiger partial charge in [0.1, 0.15) is 12.3 Å². The van der Waals surface area contributed by atoms with Crippen LogP contribution in [-0.4, -0.2) is 84.3 Å². The number of Topliss-reactive ketones (excluding diaryl/α,β-unsaturated/α-hetero) is 1. The highest BCUT2D eigenvalue weighted by Crippen LogP contribution is 2.29. The number of ether oxygens (including phenoxy) is 1. The lowest BCUT2D eigenvalue weighted by Gasteiger charge is -2.38. The maximum absolute atomic E-state index is 12.6. The Morgan fingerprint density at radius 2 is 2.08 bits per heavy atom. The highest BCUT2D eigenvalue weighted by Gasteiger charge is 2.39. The highest BCUT2D eigenvalue weighted by molar-refractivity contribution is 6.01. The number of amides is 4. The monoisotopic (exact) mass is 351 g/mol. The van der Waals surface area contributed by atoms with E-state index in [1.165, 1.54) is 9.80 Å². The van der Waals surface area contributed by atoms with Gasteiger partial charge in [-0.1, -0.05) is 0 Å². The molecule has 2 saturated heterocycles. The van der Waals surface area contributed by atoms with Crippen LogP contribution in [0, 0.1) is 5.92 Å². The molecule has 2 unspecified atom stereocenters. The molecule has 3 aliphatic rings. The number of ketones is 1. The fourth-order valence-electron chi connectivity index (χ4n) is 3.94. The smallest absolute Gasteiger partial charge is 0.326 e. The molecule has 1 aliphatic carbocycles. The van der Waals surface area contributed by atoms with Gasteiger partial charge in [0.15, 0.2) is 0 Å². The summed E-state index contributed by atoms with van der Waals surface area (Å²) in [7, 11) is 1.59. The molecule has 2 heterocycles. The second-order valence-electron chi connectivity index (χ2n) is 6.98. The number of likely N-dealkylation sites (N-methyl/N-ethyl adjacent to an activating group) is 1. The minimum Gasteiger partial charge on any atom is -0.377 e. The van der Waals surface area contributed by atoms with E-state index in [9.17, 15) is 19.2 Å². The van der Waals surface area contributed by atoms with Crippen molar-refractivity contribution >= 4 is 23.6 Å². The van der Waals surface area contributed by atoms with Gasteiger partial charge in [-0.05, 0) is 19.3 Å². The quantitative estimate of drug-likeness (QED) is 0.663. The van der Waals surface area contributed by atoms with Crippen molar-refractivity contribution in [1.82, 2.24) is 14.7 Å². The number of urea groups is 1. The van der Waals surface area contributed by atoms with Gasteiger partial charge in [-0.25, -0.2) is 4.79 Å². The first-order valence-corrected chi connectivity index (χ1v) is 8.94. The summed E-state index contributed by atoms with van der Waals surface area (Å²) in [6.07, 6.45) is 3.00. The zero-order valence-corrected chi connectivity index (χ0v) is 14.6. The minimum absolute atomic E-state index is 0.0274. The molecule has 25 heavy (non-hydrogen) atoms. The maximum Gasteiger partial charge on any atom is 0.326 e. The average molecular weight is 351 g/mol. The third-order valence-electron chi connectivity index (χ3n) is 5.31. The number of carbonyl (C=O) groups excluding carboxylic acids is 4. The number of hydrogen-bond donors (Lipinski definition) is 0. The van der Waals surface area contributed by atoms with E-state index < -0.39 is 0 Å². The molecule has 3 fully saturated rings. The summed E-state index contributed by atoms with van der Waals surface area (Å²) in [5.41, 5.74) is 0. The van der Waals surface area contributed by atoms with Crippen LogP contribution in [0.5, 0.6) is 0 Å². The number of nitrogens with zero attached hydrogens (tertiary/aromatic N) is 3. The molecule has 0 aromatic heterocycles. The summed E-state index contributed by atoms with van der Waals surface area (Å²) in [5.74, 6) is -0.134. The van der Waals surface area contributed by atoms with Gasteiger partial charge in [-0.15, -0.1) is 0 Å². The van der Waals surface area contributed by atoms with Gasteiger partial charge in [-0.3, -0.25) is 19.3 Å². The molecule has 0 spiro atoms. The Bertz CT molecular complexity index is 579. The normalized spacial score (nSPS) is 27.6. The van der Waals surface area contributed by atoms with Crippen molar-refractivity contribution in [2.24, 2.45) is 5.92 Å². The van der Waals surface area contributed by atoms with E-state index in [1.54, 1.807) is 11.9 Å². The molecular weight excluding hydrogens is 326 g/mol. The third-order valence-corrected chi connectivity index (χ3v) is 5.31. The zero-order valence-electron chi connectivity index (χ0n) is 14.6. The molecule has 138 valence electrons. The minimum atomic E-state index is -0.307. The van der Waals surface area contributed by atoms with E-state index in [4.69, 9.17) is 4.74 Å². The topological polar surface area (TPSA) is 87.2 Å². The van der Waals surface area contributed by atoms with Gasteiger partial charge in [-0.2, -0.15) is 0 Å². The second-order valence-corrected chi connectivity index (χ2v) is 6.98. The van der Waals surface area contributed by atoms with Gasteiger partial charge in [0.25, 0.3) is 0 Å². The summed E-state index contributed by atoms with van der Waals surface area (Å²) < 4.78 is 5.50. The summed E-state index contributed by atoms with van der Waals surface area (Å²) >= 11 is 0. The number of morpholine rings is 1. The summed E-state index contributed by atoms with van der Waals surface area (Å²) in [5, 5.41) is 0. The average Bonchev–Trinajstić information content (AvgIpc) is 3.12. The lowest BCUT2D eigenvalue weighted by molar-refractivity contribution is -0.144. The Kier molecular flexibility index (Phi) is 5.36. The maximum atomic E-state index is 12.6. The zero-order chi connectivity index (χ0) is 18.0. The molecule has 0 aromatic carbocycles. The molecule has 0 radical (unpaired) electrons. The molecule has 1 saturated carbocycles. The number of imide groups is 1. The first kappa shape index (κ1) is 17.8. The summed E-state index contributed by atoms with van der Waals surface area (Å²) in [4.78, 5) is 52.6. The standard InChI is InChI=1S/C17H25N3O5/c1-18-10-16(23)20(17(18)24)7-3-6-15(22)19-8-9-25-11-13(19)12-4-2-5-14(12)21/h12-13H,2-11H2,1H3. The fourth-order valence-corrected chi connectivity index (χ4v) is 3.94. The van der Waals surface area contributed by atoms with E-state index in [0.29, 0.717) is 32.6 Å². The van der Waals surface area contributed by atoms with Crippen molar-refractivity contribution in [3.8, 4) is 0 Å². The van der Waals surface area contributed by atoms with Crippen LogP contribution in [0.2, 0.25) is 0 Å². The van der Waals surface area contributed by atoms with Crippen LogP contribution in [-0.2, 0) is 19.1 Å². The van der Waals surface area contributed by atoms with E-state index >= 15 is 0 Å². The van der Waals surface area contributed by atoms with Crippen molar-refractivity contribution in [2.75, 3.05) is 39.9 Å². The first-order valence-electron chi connectivity index (χ1n) is 8.94. The van der Waals surface area contributed by atoms with Crippen LogP contribution in [0.1, 0.15) is 32.1 Å². The predicted molar refractivity (Wildman–Crippen MR) is 87.6 cm³/mol. The van der Waals surface area contributed by atoms with Crippen molar-refractivity contribution in [3.63, 3.8) is 0 Å². The van der Waals surface area contributed by atoms with E-state index in [0.717, 1.165) is 12.8 Å². The van der Waals surface area contributed by atoms with Crippen LogP contribution in [0.3, 0.4) is 0 Å².